The van der Waals surface area contributed by atoms with E-state index < -0.39 is 4.92 Å². The number of carbonyl (C=O) groups excluding carboxylic acids is 1. The molecule has 1 aliphatic rings. The van der Waals surface area contributed by atoms with Crippen LogP contribution in [0.3, 0.4) is 0 Å². The van der Waals surface area contributed by atoms with E-state index in [0.717, 1.165) is 16.8 Å². The minimum atomic E-state index is -0.445. The molecule has 0 radical (unpaired) electrons. The van der Waals surface area contributed by atoms with E-state index in [1.165, 1.54) is 23.9 Å². The van der Waals surface area contributed by atoms with Crippen LogP contribution in [0.15, 0.2) is 58.4 Å². The van der Waals surface area contributed by atoms with Gasteiger partial charge in [0.05, 0.1) is 15.5 Å². The van der Waals surface area contributed by atoms with Crippen LogP contribution in [0.4, 0.5) is 11.4 Å². The van der Waals surface area contributed by atoms with Crippen molar-refractivity contribution in [3.05, 3.63) is 74.7 Å². The molecule has 3 rings (SSSR count). The molecule has 0 bridgehead atoms. The Balaban J connectivity index is 1.92. The number of nitro benzene ring substituents is 1. The lowest BCUT2D eigenvalue weighted by atomic mass is 10.2. The highest BCUT2D eigenvalue weighted by Crippen LogP contribution is 2.35. The van der Waals surface area contributed by atoms with Gasteiger partial charge in [-0.1, -0.05) is 17.7 Å². The standard InChI is InChI=1S/C20H19N3O3S/c1-13(2)22-19(24)18(12-15-6-10-17(11-7-15)23(25)26)27-20(22)21-16-8-4-14(3)5-9-16/h4-13H,1-3H3/b18-12+,21-20?. The number of rotatable bonds is 4. The molecule has 1 heterocycles. The fourth-order valence-electron chi connectivity index (χ4n) is 2.59. The van der Waals surface area contributed by atoms with Crippen molar-refractivity contribution < 1.29 is 9.72 Å². The third kappa shape index (κ3) is 4.25. The number of nitro groups is 1. The summed E-state index contributed by atoms with van der Waals surface area (Å²) in [5.41, 5.74) is 2.69. The van der Waals surface area contributed by atoms with E-state index in [4.69, 9.17) is 0 Å². The molecule has 138 valence electrons. The zero-order valence-electron chi connectivity index (χ0n) is 15.2. The molecule has 0 aliphatic carbocycles. The number of aliphatic imine (C=N–C) groups is 1. The number of hydrogen-bond acceptors (Lipinski definition) is 5. The monoisotopic (exact) mass is 381 g/mol. The second-order valence-corrected chi connectivity index (χ2v) is 7.47. The van der Waals surface area contributed by atoms with Gasteiger partial charge in [0.1, 0.15) is 0 Å². The Morgan fingerprint density at radius 2 is 1.74 bits per heavy atom. The van der Waals surface area contributed by atoms with Crippen molar-refractivity contribution in [1.82, 2.24) is 4.90 Å². The first-order valence-electron chi connectivity index (χ1n) is 8.48. The quantitative estimate of drug-likeness (QED) is 0.428. The minimum Gasteiger partial charge on any atom is -0.284 e. The number of amides is 1. The van der Waals surface area contributed by atoms with Crippen LogP contribution in [0, 0.1) is 17.0 Å². The highest BCUT2D eigenvalue weighted by Gasteiger charge is 2.35. The van der Waals surface area contributed by atoms with Gasteiger partial charge in [-0.3, -0.25) is 19.8 Å². The van der Waals surface area contributed by atoms with Gasteiger partial charge in [-0.15, -0.1) is 0 Å². The Morgan fingerprint density at radius 3 is 2.30 bits per heavy atom. The average Bonchev–Trinajstić information content (AvgIpc) is 2.92. The van der Waals surface area contributed by atoms with Gasteiger partial charge in [0.15, 0.2) is 5.17 Å². The second kappa shape index (κ2) is 7.75. The van der Waals surface area contributed by atoms with Crippen molar-refractivity contribution in [3.63, 3.8) is 0 Å². The van der Waals surface area contributed by atoms with Crippen LogP contribution < -0.4 is 0 Å². The number of non-ortho nitro benzene ring substituents is 1. The predicted molar refractivity (Wildman–Crippen MR) is 109 cm³/mol. The molecule has 1 saturated heterocycles. The summed E-state index contributed by atoms with van der Waals surface area (Å²) >= 11 is 1.31. The van der Waals surface area contributed by atoms with Crippen LogP contribution in [-0.4, -0.2) is 26.9 Å². The molecule has 2 aromatic carbocycles. The first-order chi connectivity index (χ1) is 12.8. The smallest absolute Gasteiger partial charge is 0.269 e. The average molecular weight is 381 g/mol. The number of benzene rings is 2. The van der Waals surface area contributed by atoms with E-state index in [9.17, 15) is 14.9 Å². The molecule has 2 aromatic rings. The maximum absolute atomic E-state index is 12.8. The summed E-state index contributed by atoms with van der Waals surface area (Å²) in [7, 11) is 0. The lowest BCUT2D eigenvalue weighted by molar-refractivity contribution is -0.384. The molecule has 27 heavy (non-hydrogen) atoms. The molecule has 0 N–H and O–H groups in total. The first kappa shape index (κ1) is 18.8. The van der Waals surface area contributed by atoms with Gasteiger partial charge in [0.25, 0.3) is 11.6 Å². The van der Waals surface area contributed by atoms with E-state index >= 15 is 0 Å². The Hall–Kier alpha value is -2.93. The highest BCUT2D eigenvalue weighted by molar-refractivity contribution is 8.18. The third-order valence-corrected chi connectivity index (χ3v) is 5.00. The van der Waals surface area contributed by atoms with Crippen molar-refractivity contribution in [3.8, 4) is 0 Å². The number of nitrogens with zero attached hydrogens (tertiary/aromatic N) is 3. The molecule has 0 spiro atoms. The maximum atomic E-state index is 12.8. The van der Waals surface area contributed by atoms with Crippen molar-refractivity contribution in [2.75, 3.05) is 0 Å². The molecule has 1 amide bonds. The van der Waals surface area contributed by atoms with Gasteiger partial charge in [-0.25, -0.2) is 4.99 Å². The Kier molecular flexibility index (Phi) is 5.41. The zero-order valence-corrected chi connectivity index (χ0v) is 16.1. The summed E-state index contributed by atoms with van der Waals surface area (Å²) in [6.45, 7) is 5.89. The molecule has 1 fully saturated rings. The van der Waals surface area contributed by atoms with Crippen molar-refractivity contribution in [2.45, 2.75) is 26.8 Å². The van der Waals surface area contributed by atoms with Crippen LogP contribution in [0.1, 0.15) is 25.0 Å². The van der Waals surface area contributed by atoms with E-state index in [1.54, 1.807) is 23.1 Å². The SMILES string of the molecule is Cc1ccc(N=C2S/C(=C/c3ccc([N+](=O)[O-])cc3)C(=O)N2C(C)C)cc1. The fourth-order valence-corrected chi connectivity index (χ4v) is 3.71. The molecule has 7 heteroatoms. The van der Waals surface area contributed by atoms with Gasteiger partial charge < -0.3 is 0 Å². The lowest BCUT2D eigenvalue weighted by Crippen LogP contribution is -2.35. The molecule has 0 unspecified atom stereocenters. The van der Waals surface area contributed by atoms with Gasteiger partial charge >= 0.3 is 0 Å². The van der Waals surface area contributed by atoms with E-state index in [2.05, 4.69) is 4.99 Å². The van der Waals surface area contributed by atoms with Gasteiger partial charge in [0, 0.05) is 18.2 Å². The summed E-state index contributed by atoms with van der Waals surface area (Å²) in [5.74, 6) is -0.112. The molecule has 0 aromatic heterocycles. The summed E-state index contributed by atoms with van der Waals surface area (Å²) in [6, 6.07) is 13.9. The topological polar surface area (TPSA) is 75.8 Å². The summed E-state index contributed by atoms with van der Waals surface area (Å²) in [4.78, 5) is 30.0. The third-order valence-electron chi connectivity index (χ3n) is 4.01. The number of amidine groups is 1. The van der Waals surface area contributed by atoms with E-state index in [-0.39, 0.29) is 17.6 Å². The predicted octanol–water partition coefficient (Wildman–Crippen LogP) is 4.92. The van der Waals surface area contributed by atoms with Gasteiger partial charge in [-0.2, -0.15) is 0 Å². The van der Waals surface area contributed by atoms with Crippen molar-refractivity contribution >= 4 is 40.3 Å². The Labute approximate surface area is 161 Å². The fraction of sp³-hybridized carbons (Fsp3) is 0.200. The van der Waals surface area contributed by atoms with Crippen molar-refractivity contribution in [1.29, 1.82) is 0 Å². The van der Waals surface area contributed by atoms with E-state index in [1.807, 2.05) is 45.0 Å². The Bertz CT molecular complexity index is 932. The largest absolute Gasteiger partial charge is 0.284 e. The summed E-state index contributed by atoms with van der Waals surface area (Å²) in [5, 5.41) is 11.4. The molecular weight excluding hydrogens is 362 g/mol. The van der Waals surface area contributed by atoms with Gasteiger partial charge in [-0.05, 0) is 68.4 Å². The lowest BCUT2D eigenvalue weighted by Gasteiger charge is -2.19. The number of carbonyl (C=O) groups is 1. The number of hydrogen-bond donors (Lipinski definition) is 0. The molecule has 6 nitrogen and oxygen atoms in total. The highest BCUT2D eigenvalue weighted by atomic mass is 32.2. The molecule has 1 aliphatic heterocycles. The zero-order chi connectivity index (χ0) is 19.6. The van der Waals surface area contributed by atoms with Gasteiger partial charge in [0.2, 0.25) is 0 Å². The van der Waals surface area contributed by atoms with Crippen molar-refractivity contribution in [2.24, 2.45) is 4.99 Å². The number of aryl methyl sites for hydroxylation is 1. The maximum Gasteiger partial charge on any atom is 0.269 e. The van der Waals surface area contributed by atoms with Crippen LogP contribution in [-0.2, 0) is 4.79 Å². The van der Waals surface area contributed by atoms with Crippen LogP contribution >= 0.6 is 11.8 Å². The normalized spacial score (nSPS) is 17.3. The molecule has 0 saturated carbocycles. The van der Waals surface area contributed by atoms with E-state index in [0.29, 0.717) is 10.1 Å². The second-order valence-electron chi connectivity index (χ2n) is 6.46. The van der Waals surface area contributed by atoms with Crippen LogP contribution in [0.2, 0.25) is 0 Å². The summed E-state index contributed by atoms with van der Waals surface area (Å²) in [6.07, 6.45) is 1.74. The van der Waals surface area contributed by atoms with Crippen LogP contribution in [0.5, 0.6) is 0 Å². The molecule has 0 atom stereocenters. The first-order valence-corrected chi connectivity index (χ1v) is 9.30. The Morgan fingerprint density at radius 1 is 1.11 bits per heavy atom. The summed E-state index contributed by atoms with van der Waals surface area (Å²) < 4.78 is 0. The number of thioether (sulfide) groups is 1. The minimum absolute atomic E-state index is 0.0213. The molecular formula is C20H19N3O3S. The van der Waals surface area contributed by atoms with Crippen LogP contribution in [0.25, 0.3) is 6.08 Å².